The Bertz CT molecular complexity index is 601. The number of ketones is 1. The van der Waals surface area contributed by atoms with Crippen molar-refractivity contribution in [1.82, 2.24) is 10.6 Å². The van der Waals surface area contributed by atoms with Crippen LogP contribution in [0.4, 0.5) is 4.79 Å². The summed E-state index contributed by atoms with van der Waals surface area (Å²) < 4.78 is 11.3. The van der Waals surface area contributed by atoms with Gasteiger partial charge in [-0.1, -0.05) is 20.8 Å². The summed E-state index contributed by atoms with van der Waals surface area (Å²) in [5.41, 5.74) is -0.521. The number of nitrogens with one attached hydrogen (secondary N) is 2. The zero-order chi connectivity index (χ0) is 22.6. The number of rotatable bonds is 8. The summed E-state index contributed by atoms with van der Waals surface area (Å²) in [6.07, 6.45) is 0.919. The lowest BCUT2D eigenvalue weighted by Gasteiger charge is -2.38. The van der Waals surface area contributed by atoms with Crippen molar-refractivity contribution >= 4 is 26.1 Å². The van der Waals surface area contributed by atoms with Crippen LogP contribution in [0.5, 0.6) is 0 Å². The van der Waals surface area contributed by atoms with E-state index in [0.717, 1.165) is 12.8 Å². The lowest BCUT2D eigenvalue weighted by Crippen LogP contribution is -2.48. The fourth-order valence-corrected chi connectivity index (χ4v) is 4.23. The second-order valence-electron chi connectivity index (χ2n) is 10.7. The third kappa shape index (κ3) is 8.86. The Hall–Kier alpha value is -1.41. The molecule has 0 unspecified atom stereocenters. The highest BCUT2D eigenvalue weighted by molar-refractivity contribution is 6.74. The SMILES string of the molecule is C[C@H](O[Si](C)(C)C(C)(C)C)C(=O)NCC(=O)CC1CC(NC(=O)OC(C)(C)C)C1. The van der Waals surface area contributed by atoms with Crippen molar-refractivity contribution in [2.45, 2.75) is 104 Å². The summed E-state index contributed by atoms with van der Waals surface area (Å²) in [4.78, 5) is 36.2. The maximum atomic E-state index is 12.3. The maximum Gasteiger partial charge on any atom is 0.407 e. The smallest absolute Gasteiger partial charge is 0.407 e. The van der Waals surface area contributed by atoms with Gasteiger partial charge >= 0.3 is 6.09 Å². The van der Waals surface area contributed by atoms with Gasteiger partial charge in [0.1, 0.15) is 11.7 Å². The molecule has 2 amide bonds. The van der Waals surface area contributed by atoms with Crippen molar-refractivity contribution in [3.8, 4) is 0 Å². The molecule has 0 aromatic rings. The highest BCUT2D eigenvalue weighted by Crippen LogP contribution is 2.37. The van der Waals surface area contributed by atoms with Crippen LogP contribution < -0.4 is 10.6 Å². The van der Waals surface area contributed by atoms with Gasteiger partial charge in [-0.05, 0) is 64.6 Å². The van der Waals surface area contributed by atoms with Gasteiger partial charge in [-0.25, -0.2) is 4.79 Å². The van der Waals surface area contributed by atoms with E-state index in [-0.39, 0.29) is 35.2 Å². The minimum Gasteiger partial charge on any atom is -0.444 e. The van der Waals surface area contributed by atoms with E-state index in [1.165, 1.54) is 0 Å². The van der Waals surface area contributed by atoms with Crippen LogP contribution in [0.2, 0.25) is 18.1 Å². The molecule has 1 aliphatic carbocycles. The number of hydrogen-bond donors (Lipinski definition) is 2. The molecule has 0 radical (unpaired) electrons. The molecule has 0 spiro atoms. The standard InChI is InChI=1S/C21H40N2O5Si/c1-14(28-29(8,9)21(5,6)7)18(25)22-13-17(24)12-15-10-16(11-15)23-19(26)27-20(2,3)4/h14-16H,10-13H2,1-9H3,(H,22,25)(H,23,26)/t14-,15?,16?/m0/s1. The molecular formula is C21H40N2O5Si. The van der Waals surface area contributed by atoms with E-state index in [1.807, 2.05) is 20.8 Å². The Morgan fingerprint density at radius 2 is 1.62 bits per heavy atom. The van der Waals surface area contributed by atoms with Crippen LogP contribution in [0, 0.1) is 5.92 Å². The van der Waals surface area contributed by atoms with Gasteiger partial charge in [-0.2, -0.15) is 0 Å². The minimum absolute atomic E-state index is 0.00130. The van der Waals surface area contributed by atoms with Gasteiger partial charge in [0.15, 0.2) is 14.1 Å². The minimum atomic E-state index is -2.04. The van der Waals surface area contributed by atoms with E-state index < -0.39 is 26.1 Å². The molecular weight excluding hydrogens is 388 g/mol. The summed E-state index contributed by atoms with van der Waals surface area (Å²) in [7, 11) is -2.04. The Balaban J connectivity index is 2.28. The van der Waals surface area contributed by atoms with Gasteiger partial charge in [-0.15, -0.1) is 0 Å². The fraction of sp³-hybridized carbons (Fsp3) is 0.857. The zero-order valence-corrected chi connectivity index (χ0v) is 20.6. The normalized spacial score (nSPS) is 21.0. The summed E-state index contributed by atoms with van der Waals surface area (Å²) >= 11 is 0. The first kappa shape index (κ1) is 25.6. The molecule has 7 nitrogen and oxygen atoms in total. The van der Waals surface area contributed by atoms with E-state index in [4.69, 9.17) is 9.16 Å². The van der Waals surface area contributed by atoms with Crippen molar-refractivity contribution in [3.63, 3.8) is 0 Å². The van der Waals surface area contributed by atoms with Gasteiger partial charge in [0.2, 0.25) is 5.91 Å². The van der Waals surface area contributed by atoms with Crippen LogP contribution in [0.25, 0.3) is 0 Å². The number of Topliss-reactive ketones (excluding diaryl/α,β-unsaturated/α-hetero) is 1. The van der Waals surface area contributed by atoms with Crippen molar-refractivity contribution in [2.24, 2.45) is 5.92 Å². The molecule has 2 N–H and O–H groups in total. The van der Waals surface area contributed by atoms with E-state index in [2.05, 4.69) is 44.5 Å². The number of ether oxygens (including phenoxy) is 1. The Kier molecular flexibility index (Phi) is 8.48. The molecule has 0 aliphatic heterocycles. The first-order chi connectivity index (χ1) is 13.0. The van der Waals surface area contributed by atoms with E-state index in [1.54, 1.807) is 6.92 Å². The molecule has 29 heavy (non-hydrogen) atoms. The summed E-state index contributed by atoms with van der Waals surface area (Å²) in [6, 6.07) is 0.0512. The zero-order valence-electron chi connectivity index (χ0n) is 19.6. The molecule has 1 aliphatic rings. The lowest BCUT2D eigenvalue weighted by molar-refractivity contribution is -0.130. The second-order valence-corrected chi connectivity index (χ2v) is 15.4. The largest absolute Gasteiger partial charge is 0.444 e. The van der Waals surface area contributed by atoms with Gasteiger partial charge in [0.25, 0.3) is 0 Å². The van der Waals surface area contributed by atoms with Gasteiger partial charge < -0.3 is 19.8 Å². The Labute approximate surface area is 176 Å². The predicted molar refractivity (Wildman–Crippen MR) is 116 cm³/mol. The van der Waals surface area contributed by atoms with Crippen molar-refractivity contribution in [3.05, 3.63) is 0 Å². The number of carbonyl (C=O) groups is 3. The molecule has 1 atom stereocenters. The Morgan fingerprint density at radius 3 is 2.10 bits per heavy atom. The van der Waals surface area contributed by atoms with Crippen LogP contribution >= 0.6 is 0 Å². The number of carbonyl (C=O) groups excluding carboxylic acids is 3. The molecule has 168 valence electrons. The molecule has 0 heterocycles. The average molecular weight is 429 g/mol. The van der Waals surface area contributed by atoms with Gasteiger partial charge in [-0.3, -0.25) is 9.59 Å². The lowest BCUT2D eigenvalue weighted by atomic mass is 9.77. The molecule has 1 fully saturated rings. The predicted octanol–water partition coefficient (Wildman–Crippen LogP) is 3.78. The van der Waals surface area contributed by atoms with Crippen LogP contribution in [0.1, 0.15) is 67.7 Å². The van der Waals surface area contributed by atoms with Crippen LogP contribution in [-0.2, 0) is 18.8 Å². The quantitative estimate of drug-likeness (QED) is 0.574. The van der Waals surface area contributed by atoms with Crippen molar-refractivity contribution < 1.29 is 23.5 Å². The second kappa shape index (κ2) is 9.60. The number of alkyl carbamates (subject to hydrolysis) is 1. The van der Waals surface area contributed by atoms with E-state index >= 15 is 0 Å². The molecule has 0 bridgehead atoms. The number of amides is 2. The van der Waals surface area contributed by atoms with Gasteiger partial charge in [0.05, 0.1) is 6.54 Å². The molecule has 1 rings (SSSR count). The summed E-state index contributed by atoms with van der Waals surface area (Å²) in [5, 5.41) is 5.54. The maximum absolute atomic E-state index is 12.3. The fourth-order valence-electron chi connectivity index (χ4n) is 2.89. The third-order valence-corrected chi connectivity index (χ3v) is 10.1. The molecule has 0 saturated heterocycles. The first-order valence-electron chi connectivity index (χ1n) is 10.5. The van der Waals surface area contributed by atoms with Gasteiger partial charge in [0, 0.05) is 12.5 Å². The first-order valence-corrected chi connectivity index (χ1v) is 13.4. The highest BCUT2D eigenvalue weighted by atomic mass is 28.4. The molecule has 1 saturated carbocycles. The van der Waals surface area contributed by atoms with Crippen LogP contribution in [0.3, 0.4) is 0 Å². The van der Waals surface area contributed by atoms with Crippen molar-refractivity contribution in [1.29, 1.82) is 0 Å². The molecule has 0 aromatic carbocycles. The number of hydrogen-bond acceptors (Lipinski definition) is 5. The third-order valence-electron chi connectivity index (χ3n) is 5.58. The van der Waals surface area contributed by atoms with Crippen molar-refractivity contribution in [2.75, 3.05) is 6.54 Å². The summed E-state index contributed by atoms with van der Waals surface area (Å²) in [5.74, 6) is -0.0138. The van der Waals surface area contributed by atoms with Crippen LogP contribution in [0.15, 0.2) is 0 Å². The molecule has 0 aromatic heterocycles. The highest BCUT2D eigenvalue weighted by Gasteiger charge is 2.39. The monoisotopic (exact) mass is 428 g/mol. The summed E-state index contributed by atoms with van der Waals surface area (Å²) in [6.45, 7) is 17.8. The Morgan fingerprint density at radius 1 is 1.07 bits per heavy atom. The molecule has 8 heteroatoms. The van der Waals surface area contributed by atoms with E-state index in [9.17, 15) is 14.4 Å². The topological polar surface area (TPSA) is 93.7 Å². The van der Waals surface area contributed by atoms with E-state index in [0.29, 0.717) is 6.42 Å². The van der Waals surface area contributed by atoms with Crippen LogP contribution in [-0.4, -0.2) is 50.4 Å². The average Bonchev–Trinajstić information content (AvgIpc) is 2.46.